The summed E-state index contributed by atoms with van der Waals surface area (Å²) in [7, 11) is 1.03. The van der Waals surface area contributed by atoms with Gasteiger partial charge < -0.3 is 10.2 Å². The van der Waals surface area contributed by atoms with E-state index in [0.29, 0.717) is 29.2 Å². The second kappa shape index (κ2) is 8.29. The first-order valence-corrected chi connectivity index (χ1v) is 10.6. The van der Waals surface area contributed by atoms with Gasteiger partial charge >= 0.3 is 6.18 Å². The summed E-state index contributed by atoms with van der Waals surface area (Å²) in [6.07, 6.45) is -2.49. The summed E-state index contributed by atoms with van der Waals surface area (Å²) in [4.78, 5) is 34.9. The molecule has 1 amide bonds. The predicted octanol–water partition coefficient (Wildman–Crippen LogP) is 3.08. The molecule has 0 saturated carbocycles. The maximum atomic E-state index is 13.2. The van der Waals surface area contributed by atoms with Gasteiger partial charge in [-0.3, -0.25) is 14.2 Å². The van der Waals surface area contributed by atoms with Gasteiger partial charge in [0.15, 0.2) is 15.5 Å². The minimum atomic E-state index is -4.75. The third-order valence-corrected chi connectivity index (χ3v) is 6.23. The van der Waals surface area contributed by atoms with Crippen molar-refractivity contribution in [2.75, 3.05) is 11.4 Å². The van der Waals surface area contributed by atoms with Gasteiger partial charge in [-0.05, 0) is 24.8 Å². The van der Waals surface area contributed by atoms with Gasteiger partial charge in [-0.1, -0.05) is 41.7 Å². The Morgan fingerprint density at radius 2 is 1.97 bits per heavy atom. The van der Waals surface area contributed by atoms with E-state index in [1.54, 1.807) is 4.90 Å². The van der Waals surface area contributed by atoms with Crippen LogP contribution in [0.25, 0.3) is 10.3 Å². The van der Waals surface area contributed by atoms with Crippen molar-refractivity contribution in [3.63, 3.8) is 0 Å². The van der Waals surface area contributed by atoms with Gasteiger partial charge in [-0.2, -0.15) is 13.2 Å². The van der Waals surface area contributed by atoms with E-state index in [0.717, 1.165) is 36.8 Å². The molecule has 3 aromatic rings. The highest BCUT2D eigenvalue weighted by atomic mass is 32.1. The highest BCUT2D eigenvalue weighted by molar-refractivity contribution is 7.21. The zero-order chi connectivity index (χ0) is 22.2. The molecule has 0 aliphatic carbocycles. The summed E-state index contributed by atoms with van der Waals surface area (Å²) in [6.45, 7) is 0.899. The highest BCUT2D eigenvalue weighted by Gasteiger charge is 2.37. The van der Waals surface area contributed by atoms with E-state index in [9.17, 15) is 22.8 Å². The zero-order valence-electron chi connectivity index (χ0n) is 16.6. The molecule has 1 saturated heterocycles. The summed E-state index contributed by atoms with van der Waals surface area (Å²) >= 11 is 0.903. The van der Waals surface area contributed by atoms with Crippen molar-refractivity contribution in [1.29, 1.82) is 0 Å². The van der Waals surface area contributed by atoms with Gasteiger partial charge in [0, 0.05) is 20.1 Å². The van der Waals surface area contributed by atoms with E-state index in [-0.39, 0.29) is 16.3 Å². The Kier molecular flexibility index (Phi) is 5.69. The smallest absolute Gasteiger partial charge is 0.350 e. The number of hydrogen-bond acceptors (Lipinski definition) is 6. The van der Waals surface area contributed by atoms with Crippen molar-refractivity contribution in [2.45, 2.75) is 38.0 Å². The molecule has 11 heteroatoms. The fourth-order valence-corrected chi connectivity index (χ4v) is 4.66. The van der Waals surface area contributed by atoms with Crippen molar-refractivity contribution >= 4 is 32.7 Å². The van der Waals surface area contributed by atoms with Crippen molar-refractivity contribution in [3.05, 3.63) is 52.1 Å². The predicted molar refractivity (Wildman–Crippen MR) is 111 cm³/mol. The van der Waals surface area contributed by atoms with E-state index in [1.165, 1.54) is 0 Å². The topological polar surface area (TPSA) is 80.1 Å². The van der Waals surface area contributed by atoms with E-state index >= 15 is 0 Å². The molecule has 0 unspecified atom stereocenters. The Bertz CT molecular complexity index is 1160. The number of amides is 1. The van der Waals surface area contributed by atoms with Crippen LogP contribution in [-0.2, 0) is 24.6 Å². The third-order valence-electron chi connectivity index (χ3n) is 5.24. The number of halogens is 3. The van der Waals surface area contributed by atoms with Gasteiger partial charge in [0.05, 0.1) is 0 Å². The molecule has 2 aromatic heterocycles. The summed E-state index contributed by atoms with van der Waals surface area (Å²) in [6, 6.07) is 8.97. The summed E-state index contributed by atoms with van der Waals surface area (Å²) < 4.78 is 40.1. The zero-order valence-corrected chi connectivity index (χ0v) is 17.5. The molecule has 1 fully saturated rings. The van der Waals surface area contributed by atoms with Crippen molar-refractivity contribution < 1.29 is 18.0 Å². The minimum Gasteiger partial charge on any atom is -0.350 e. The second-order valence-corrected chi connectivity index (χ2v) is 8.31. The lowest BCUT2D eigenvalue weighted by atomic mass is 10.0. The SMILES string of the molecule is Cn1c(C(F)(F)F)nc2sc(N3CCCC[C@@H]3C(=O)NCc3ccccc3)nc2c1=O. The molecule has 1 aliphatic heterocycles. The molecule has 31 heavy (non-hydrogen) atoms. The molecule has 0 bridgehead atoms. The fraction of sp³-hybridized carbons (Fsp3) is 0.400. The average molecular weight is 451 g/mol. The standard InChI is InChI=1S/C20H20F3N5O2S/c1-27-17(30)14-16(26-18(27)20(21,22)23)31-19(25-14)28-10-6-5-9-13(28)15(29)24-11-12-7-3-2-4-8-12/h2-4,7-8,13H,5-6,9-11H2,1H3,(H,24,29)/t13-/m1/s1. The minimum absolute atomic E-state index is 0.0838. The van der Waals surface area contributed by atoms with Crippen LogP contribution in [0.5, 0.6) is 0 Å². The average Bonchev–Trinajstić information content (AvgIpc) is 3.19. The van der Waals surface area contributed by atoms with Gasteiger partial charge in [0.2, 0.25) is 11.7 Å². The molecule has 1 aromatic carbocycles. The first-order valence-electron chi connectivity index (χ1n) is 9.79. The van der Waals surface area contributed by atoms with Crippen LogP contribution in [0.15, 0.2) is 35.1 Å². The lowest BCUT2D eigenvalue weighted by Crippen LogP contribution is -2.49. The van der Waals surface area contributed by atoms with Crippen LogP contribution in [0.4, 0.5) is 18.3 Å². The van der Waals surface area contributed by atoms with Crippen LogP contribution in [0.2, 0.25) is 0 Å². The molecule has 4 rings (SSSR count). The Labute approximate surface area is 179 Å². The first-order chi connectivity index (χ1) is 14.8. The molecule has 0 spiro atoms. The van der Waals surface area contributed by atoms with Crippen LogP contribution in [0.1, 0.15) is 30.7 Å². The quantitative estimate of drug-likeness (QED) is 0.660. The van der Waals surface area contributed by atoms with E-state index < -0.39 is 23.6 Å². The summed E-state index contributed by atoms with van der Waals surface area (Å²) in [5, 5.41) is 3.25. The Morgan fingerprint density at radius 1 is 1.23 bits per heavy atom. The number of carbonyl (C=O) groups is 1. The number of rotatable bonds is 4. The number of piperidine rings is 1. The molecule has 164 valence electrons. The van der Waals surface area contributed by atoms with Gasteiger partial charge in [-0.25, -0.2) is 9.97 Å². The number of thiazole rings is 1. The molecular weight excluding hydrogens is 431 g/mol. The van der Waals surface area contributed by atoms with Crippen molar-refractivity contribution in [1.82, 2.24) is 19.9 Å². The molecule has 3 heterocycles. The highest BCUT2D eigenvalue weighted by Crippen LogP contribution is 2.33. The molecule has 1 atom stereocenters. The second-order valence-electron chi connectivity index (χ2n) is 7.36. The fourth-order valence-electron chi connectivity index (χ4n) is 3.65. The normalized spacial score (nSPS) is 17.2. The largest absolute Gasteiger partial charge is 0.449 e. The number of nitrogens with zero attached hydrogens (tertiary/aromatic N) is 4. The molecule has 1 N–H and O–H groups in total. The molecule has 1 aliphatic rings. The maximum absolute atomic E-state index is 13.2. The van der Waals surface area contributed by atoms with E-state index in [2.05, 4.69) is 15.3 Å². The molecular formula is C20H20F3N5O2S. The number of anilines is 1. The lowest BCUT2D eigenvalue weighted by Gasteiger charge is -2.34. The Balaban J connectivity index is 1.62. The van der Waals surface area contributed by atoms with Gasteiger partial charge in [-0.15, -0.1) is 0 Å². The van der Waals surface area contributed by atoms with E-state index in [1.807, 2.05) is 30.3 Å². The van der Waals surface area contributed by atoms with Crippen LogP contribution in [0.3, 0.4) is 0 Å². The number of nitrogens with one attached hydrogen (secondary N) is 1. The van der Waals surface area contributed by atoms with Gasteiger partial charge in [0.25, 0.3) is 5.56 Å². The Morgan fingerprint density at radius 3 is 2.68 bits per heavy atom. The van der Waals surface area contributed by atoms with Crippen LogP contribution in [-0.4, -0.2) is 33.0 Å². The number of hydrogen-bond donors (Lipinski definition) is 1. The summed E-state index contributed by atoms with van der Waals surface area (Å²) in [5.74, 6) is -1.45. The number of fused-ring (bicyclic) bond motifs is 1. The van der Waals surface area contributed by atoms with Crippen LogP contribution in [0, 0.1) is 0 Å². The first kappa shape index (κ1) is 21.3. The van der Waals surface area contributed by atoms with Gasteiger partial charge in [0.1, 0.15) is 6.04 Å². The lowest BCUT2D eigenvalue weighted by molar-refractivity contribution is -0.147. The monoisotopic (exact) mass is 451 g/mol. The number of benzene rings is 1. The molecule has 7 nitrogen and oxygen atoms in total. The van der Waals surface area contributed by atoms with E-state index in [4.69, 9.17) is 0 Å². The van der Waals surface area contributed by atoms with Crippen molar-refractivity contribution in [2.24, 2.45) is 7.05 Å². The number of aromatic nitrogens is 3. The number of carbonyl (C=O) groups excluding carboxylic acids is 1. The van der Waals surface area contributed by atoms with Crippen LogP contribution < -0.4 is 15.8 Å². The third kappa shape index (κ3) is 4.27. The number of alkyl halides is 3. The van der Waals surface area contributed by atoms with Crippen molar-refractivity contribution in [3.8, 4) is 0 Å². The Hall–Kier alpha value is -2.95. The summed E-state index contributed by atoms with van der Waals surface area (Å²) in [5.41, 5.74) is -0.0167. The van der Waals surface area contributed by atoms with Crippen LogP contribution >= 0.6 is 11.3 Å². The molecule has 0 radical (unpaired) electrons. The maximum Gasteiger partial charge on any atom is 0.449 e.